The van der Waals surface area contributed by atoms with Crippen LogP contribution in [0.1, 0.15) is 43.1 Å². The zero-order valence-corrected chi connectivity index (χ0v) is 9.72. The van der Waals surface area contributed by atoms with E-state index in [0.29, 0.717) is 0 Å². The Labute approximate surface area is 96.7 Å². The maximum atomic E-state index is 4.73. The predicted molar refractivity (Wildman–Crippen MR) is 62.4 cm³/mol. The van der Waals surface area contributed by atoms with Crippen LogP contribution in [-0.4, -0.2) is 16.1 Å². The van der Waals surface area contributed by atoms with E-state index in [1.165, 1.54) is 37.2 Å². The monoisotopic (exact) mass is 227 g/mol. The van der Waals surface area contributed by atoms with Gasteiger partial charge in [0.2, 0.25) is 0 Å². The highest BCUT2D eigenvalue weighted by Gasteiger charge is 2.21. The van der Waals surface area contributed by atoms with Gasteiger partial charge in [-0.15, -0.1) is 12.4 Å². The van der Waals surface area contributed by atoms with E-state index in [0.717, 1.165) is 25.6 Å². The van der Waals surface area contributed by atoms with Gasteiger partial charge >= 0.3 is 0 Å². The van der Waals surface area contributed by atoms with E-state index in [4.69, 9.17) is 4.98 Å². The first kappa shape index (κ1) is 11.0. The molecular formula is C11H18ClN3. The molecule has 0 bridgehead atoms. The Hall–Kier alpha value is -0.540. The van der Waals surface area contributed by atoms with Crippen LogP contribution < -0.4 is 5.32 Å². The molecule has 0 spiro atoms. The van der Waals surface area contributed by atoms with Gasteiger partial charge in [0.25, 0.3) is 0 Å². The Bertz CT molecular complexity index is 305. The topological polar surface area (TPSA) is 29.9 Å². The third-order valence-electron chi connectivity index (χ3n) is 3.46. The van der Waals surface area contributed by atoms with E-state index in [1.807, 2.05) is 0 Å². The van der Waals surface area contributed by atoms with Crippen molar-refractivity contribution in [2.75, 3.05) is 6.54 Å². The summed E-state index contributed by atoms with van der Waals surface area (Å²) in [7, 11) is 0. The Morgan fingerprint density at radius 3 is 2.87 bits per heavy atom. The number of nitrogens with zero attached hydrogens (tertiary/aromatic N) is 2. The van der Waals surface area contributed by atoms with Crippen LogP contribution in [0.3, 0.4) is 0 Å². The van der Waals surface area contributed by atoms with Crippen molar-refractivity contribution in [2.45, 2.75) is 44.7 Å². The molecule has 1 fully saturated rings. The van der Waals surface area contributed by atoms with E-state index in [2.05, 4.69) is 16.1 Å². The van der Waals surface area contributed by atoms with Crippen LogP contribution in [0.2, 0.25) is 0 Å². The molecule has 2 aliphatic rings. The molecule has 1 aromatic rings. The van der Waals surface area contributed by atoms with Crippen molar-refractivity contribution in [2.24, 2.45) is 0 Å². The third kappa shape index (κ3) is 2.04. The predicted octanol–water partition coefficient (Wildman–Crippen LogP) is 2.07. The van der Waals surface area contributed by atoms with Gasteiger partial charge in [-0.25, -0.2) is 4.98 Å². The van der Waals surface area contributed by atoms with Crippen molar-refractivity contribution in [3.05, 3.63) is 17.7 Å². The molecule has 1 aliphatic heterocycles. The fourth-order valence-electron chi connectivity index (χ4n) is 2.63. The number of nitrogens with one attached hydrogen (secondary N) is 1. The second-order valence-corrected chi connectivity index (χ2v) is 4.43. The number of fused-ring (bicyclic) bond motifs is 1. The van der Waals surface area contributed by atoms with E-state index in [1.54, 1.807) is 0 Å². The molecule has 0 unspecified atom stereocenters. The summed E-state index contributed by atoms with van der Waals surface area (Å²) in [6.07, 6.45) is 7.77. The Morgan fingerprint density at radius 1 is 1.33 bits per heavy atom. The Morgan fingerprint density at radius 2 is 2.13 bits per heavy atom. The molecule has 0 amide bonds. The van der Waals surface area contributed by atoms with Gasteiger partial charge in [0.05, 0.1) is 12.2 Å². The van der Waals surface area contributed by atoms with Crippen molar-refractivity contribution in [1.29, 1.82) is 0 Å². The second kappa shape index (κ2) is 4.54. The highest BCUT2D eigenvalue weighted by Crippen LogP contribution is 2.33. The van der Waals surface area contributed by atoms with E-state index < -0.39 is 0 Å². The van der Waals surface area contributed by atoms with Gasteiger partial charge < -0.3 is 9.88 Å². The summed E-state index contributed by atoms with van der Waals surface area (Å²) in [6, 6.07) is 0. The molecule has 3 rings (SSSR count). The van der Waals surface area contributed by atoms with Gasteiger partial charge in [-0.2, -0.15) is 0 Å². The Kier molecular flexibility index (Phi) is 3.32. The lowest BCUT2D eigenvalue weighted by Crippen LogP contribution is -2.27. The van der Waals surface area contributed by atoms with Crippen molar-refractivity contribution >= 4 is 12.4 Å². The maximum Gasteiger partial charge on any atom is 0.123 e. The molecule has 1 aliphatic carbocycles. The normalized spacial score (nSPS) is 21.1. The van der Waals surface area contributed by atoms with Crippen LogP contribution in [0, 0.1) is 0 Å². The second-order valence-electron chi connectivity index (χ2n) is 4.43. The minimum Gasteiger partial charge on any atom is -0.332 e. The number of halogens is 1. The number of rotatable bonds is 1. The molecule has 1 aromatic heterocycles. The lowest BCUT2D eigenvalue weighted by molar-refractivity contribution is 0.505. The van der Waals surface area contributed by atoms with Crippen molar-refractivity contribution < 1.29 is 0 Å². The van der Waals surface area contributed by atoms with E-state index in [-0.39, 0.29) is 12.4 Å². The van der Waals surface area contributed by atoms with Gasteiger partial charge in [0.1, 0.15) is 5.82 Å². The van der Waals surface area contributed by atoms with Gasteiger partial charge in [0, 0.05) is 25.2 Å². The molecule has 1 N–H and O–H groups in total. The van der Waals surface area contributed by atoms with Gasteiger partial charge in [-0.1, -0.05) is 12.8 Å². The molecule has 3 nitrogen and oxygen atoms in total. The molecule has 1 saturated carbocycles. The lowest BCUT2D eigenvalue weighted by Gasteiger charge is -2.13. The fourth-order valence-corrected chi connectivity index (χ4v) is 2.63. The number of imidazole rings is 1. The van der Waals surface area contributed by atoms with Crippen LogP contribution in [0.15, 0.2) is 6.20 Å². The van der Waals surface area contributed by atoms with E-state index >= 15 is 0 Å². The SMILES string of the molecule is Cl.c1c(C2CCCC2)nc2n1CCNC2. The minimum atomic E-state index is 0. The largest absolute Gasteiger partial charge is 0.332 e. The summed E-state index contributed by atoms with van der Waals surface area (Å²) in [6.45, 7) is 3.13. The number of aromatic nitrogens is 2. The summed E-state index contributed by atoms with van der Waals surface area (Å²) < 4.78 is 2.32. The quantitative estimate of drug-likeness (QED) is 0.796. The summed E-state index contributed by atoms with van der Waals surface area (Å²) in [5, 5.41) is 3.36. The molecule has 0 radical (unpaired) electrons. The van der Waals surface area contributed by atoms with Gasteiger partial charge in [0.15, 0.2) is 0 Å². The summed E-state index contributed by atoms with van der Waals surface area (Å²) in [4.78, 5) is 4.73. The summed E-state index contributed by atoms with van der Waals surface area (Å²) in [5.41, 5.74) is 1.35. The molecule has 0 aromatic carbocycles. The average molecular weight is 228 g/mol. The molecule has 84 valence electrons. The standard InChI is InChI=1S/C11H17N3.ClH/c1-2-4-9(3-1)10-8-14-6-5-12-7-11(14)13-10;/h8-9,12H,1-7H2;1H. The molecule has 4 heteroatoms. The number of hydrogen-bond donors (Lipinski definition) is 1. The molecule has 2 heterocycles. The first-order valence-electron chi connectivity index (χ1n) is 5.70. The van der Waals surface area contributed by atoms with Crippen LogP contribution in [0.25, 0.3) is 0 Å². The van der Waals surface area contributed by atoms with Gasteiger partial charge in [-0.3, -0.25) is 0 Å². The molecular weight excluding hydrogens is 210 g/mol. The molecule has 0 saturated heterocycles. The van der Waals surface area contributed by atoms with Crippen LogP contribution in [0.4, 0.5) is 0 Å². The van der Waals surface area contributed by atoms with Gasteiger partial charge in [-0.05, 0) is 12.8 Å². The Balaban J connectivity index is 0.000000853. The molecule has 15 heavy (non-hydrogen) atoms. The zero-order chi connectivity index (χ0) is 9.38. The third-order valence-corrected chi connectivity index (χ3v) is 3.46. The number of hydrogen-bond acceptors (Lipinski definition) is 2. The highest BCUT2D eigenvalue weighted by molar-refractivity contribution is 5.85. The average Bonchev–Trinajstić information content (AvgIpc) is 2.86. The first-order chi connectivity index (χ1) is 6.93. The lowest BCUT2D eigenvalue weighted by atomic mass is 10.1. The van der Waals surface area contributed by atoms with Crippen LogP contribution >= 0.6 is 12.4 Å². The van der Waals surface area contributed by atoms with E-state index in [9.17, 15) is 0 Å². The van der Waals surface area contributed by atoms with Crippen LogP contribution in [-0.2, 0) is 13.1 Å². The fraction of sp³-hybridized carbons (Fsp3) is 0.727. The van der Waals surface area contributed by atoms with Crippen molar-refractivity contribution in [3.8, 4) is 0 Å². The van der Waals surface area contributed by atoms with Crippen molar-refractivity contribution in [3.63, 3.8) is 0 Å². The first-order valence-corrected chi connectivity index (χ1v) is 5.70. The zero-order valence-electron chi connectivity index (χ0n) is 8.91. The molecule has 0 atom stereocenters. The summed E-state index contributed by atoms with van der Waals surface area (Å²) in [5.74, 6) is 1.99. The summed E-state index contributed by atoms with van der Waals surface area (Å²) >= 11 is 0. The van der Waals surface area contributed by atoms with Crippen LogP contribution in [0.5, 0.6) is 0 Å². The van der Waals surface area contributed by atoms with Crippen molar-refractivity contribution in [1.82, 2.24) is 14.9 Å². The highest BCUT2D eigenvalue weighted by atomic mass is 35.5. The maximum absolute atomic E-state index is 4.73. The minimum absolute atomic E-state index is 0. The smallest absolute Gasteiger partial charge is 0.123 e.